The summed E-state index contributed by atoms with van der Waals surface area (Å²) in [5.41, 5.74) is 1.75. The van der Waals surface area contributed by atoms with Gasteiger partial charge in [-0.1, -0.05) is 35.9 Å². The normalized spacial score (nSPS) is 16.1. The van der Waals surface area contributed by atoms with Crippen molar-refractivity contribution in [1.29, 1.82) is 0 Å². The number of para-hydroxylation sites is 2. The molecule has 3 aromatic rings. The van der Waals surface area contributed by atoms with Gasteiger partial charge in [0.25, 0.3) is 0 Å². The molecule has 0 aliphatic carbocycles. The highest BCUT2D eigenvalue weighted by Gasteiger charge is 2.39. The van der Waals surface area contributed by atoms with Crippen LogP contribution in [0.3, 0.4) is 0 Å². The van der Waals surface area contributed by atoms with Gasteiger partial charge in [-0.25, -0.2) is 13.4 Å². The Morgan fingerprint density at radius 1 is 1.09 bits per heavy atom. The predicted molar refractivity (Wildman–Crippen MR) is 132 cm³/mol. The fourth-order valence-electron chi connectivity index (χ4n) is 3.94. The van der Waals surface area contributed by atoms with Crippen molar-refractivity contribution >= 4 is 15.9 Å². The van der Waals surface area contributed by atoms with Gasteiger partial charge in [-0.2, -0.15) is 4.31 Å². The maximum atomic E-state index is 13.1. The number of amides is 1. The number of nitrogens with one attached hydrogen (secondary N) is 1. The smallest absolute Gasteiger partial charge is 0.243 e. The molecule has 1 unspecified atom stereocenters. The fourth-order valence-corrected chi connectivity index (χ4v) is 5.60. The number of hydrogen-bond donors (Lipinski definition) is 1. The van der Waals surface area contributed by atoms with E-state index in [-0.39, 0.29) is 17.3 Å². The van der Waals surface area contributed by atoms with Gasteiger partial charge in [0.05, 0.1) is 11.5 Å². The number of hydrogen-bond acceptors (Lipinski definition) is 6. The summed E-state index contributed by atoms with van der Waals surface area (Å²) in [6, 6.07) is 16.8. The number of aryl methyl sites for hydroxylation is 1. The second-order valence-corrected chi connectivity index (χ2v) is 10.2. The summed E-state index contributed by atoms with van der Waals surface area (Å²) >= 11 is 0. The minimum Gasteiger partial charge on any atom is -0.490 e. The zero-order valence-electron chi connectivity index (χ0n) is 19.8. The first-order valence-corrected chi connectivity index (χ1v) is 13.0. The molecular weight excluding hydrogens is 466 g/mol. The standard InChI is InChI=1S/C26H29N3O5S/c1-3-33-23-8-4-5-9-24(23)34-25-15-12-20(17-27-25)18-28-26(30)22-7-6-16-29(22)35(31,32)21-13-10-19(2)11-14-21/h4-5,8-15,17,22H,3,6-7,16,18H2,1-2H3,(H,28,30). The Balaban J connectivity index is 1.37. The molecule has 2 heterocycles. The van der Waals surface area contributed by atoms with E-state index in [1.54, 1.807) is 48.7 Å². The van der Waals surface area contributed by atoms with Gasteiger partial charge in [-0.15, -0.1) is 0 Å². The number of aromatic nitrogens is 1. The van der Waals surface area contributed by atoms with Crippen LogP contribution in [-0.2, 0) is 21.4 Å². The van der Waals surface area contributed by atoms with Crippen LogP contribution < -0.4 is 14.8 Å². The van der Waals surface area contributed by atoms with E-state index in [0.717, 1.165) is 11.1 Å². The molecule has 35 heavy (non-hydrogen) atoms. The van der Waals surface area contributed by atoms with Crippen molar-refractivity contribution in [1.82, 2.24) is 14.6 Å². The summed E-state index contributed by atoms with van der Waals surface area (Å²) in [6.07, 6.45) is 2.75. The van der Waals surface area contributed by atoms with Crippen LogP contribution in [0.4, 0.5) is 0 Å². The van der Waals surface area contributed by atoms with Crippen LogP contribution in [-0.4, -0.2) is 42.8 Å². The summed E-state index contributed by atoms with van der Waals surface area (Å²) in [4.78, 5) is 17.4. The van der Waals surface area contributed by atoms with E-state index in [4.69, 9.17) is 9.47 Å². The molecule has 9 heteroatoms. The summed E-state index contributed by atoms with van der Waals surface area (Å²) in [5, 5.41) is 2.85. The summed E-state index contributed by atoms with van der Waals surface area (Å²) in [5.74, 6) is 1.29. The van der Waals surface area contributed by atoms with Gasteiger partial charge < -0.3 is 14.8 Å². The molecule has 0 spiro atoms. The van der Waals surface area contributed by atoms with Crippen LogP contribution in [0.25, 0.3) is 0 Å². The van der Waals surface area contributed by atoms with Gasteiger partial charge in [0.15, 0.2) is 11.5 Å². The third-order valence-electron chi connectivity index (χ3n) is 5.76. The van der Waals surface area contributed by atoms with Crippen LogP contribution in [0, 0.1) is 6.92 Å². The molecule has 1 atom stereocenters. The molecule has 1 amide bonds. The number of benzene rings is 2. The van der Waals surface area contributed by atoms with Crippen molar-refractivity contribution in [3.63, 3.8) is 0 Å². The number of pyridine rings is 1. The van der Waals surface area contributed by atoms with Gasteiger partial charge in [0.1, 0.15) is 6.04 Å². The molecule has 8 nitrogen and oxygen atoms in total. The molecule has 4 rings (SSSR count). The predicted octanol–water partition coefficient (Wildman–Crippen LogP) is 4.05. The lowest BCUT2D eigenvalue weighted by molar-refractivity contribution is -0.124. The topological polar surface area (TPSA) is 97.8 Å². The molecule has 1 N–H and O–H groups in total. The minimum absolute atomic E-state index is 0.202. The Morgan fingerprint density at radius 2 is 1.83 bits per heavy atom. The maximum Gasteiger partial charge on any atom is 0.243 e. The SMILES string of the molecule is CCOc1ccccc1Oc1ccc(CNC(=O)C2CCCN2S(=O)(=O)c2ccc(C)cc2)cn1. The molecule has 1 fully saturated rings. The van der Waals surface area contributed by atoms with E-state index in [1.807, 2.05) is 32.0 Å². The Hall–Kier alpha value is -3.43. The quantitative estimate of drug-likeness (QED) is 0.481. The third kappa shape index (κ3) is 5.80. The number of carbonyl (C=O) groups is 1. The van der Waals surface area contributed by atoms with E-state index >= 15 is 0 Å². The monoisotopic (exact) mass is 495 g/mol. The number of sulfonamides is 1. The second kappa shape index (κ2) is 10.9. The summed E-state index contributed by atoms with van der Waals surface area (Å²) < 4.78 is 38.9. The Bertz CT molecular complexity index is 1260. The molecule has 2 aromatic carbocycles. The van der Waals surface area contributed by atoms with Crippen molar-refractivity contribution < 1.29 is 22.7 Å². The molecule has 1 aromatic heterocycles. The van der Waals surface area contributed by atoms with Crippen LogP contribution in [0.15, 0.2) is 71.8 Å². The van der Waals surface area contributed by atoms with E-state index in [2.05, 4.69) is 10.3 Å². The first kappa shape index (κ1) is 24.7. The number of ether oxygens (including phenoxy) is 2. The van der Waals surface area contributed by atoms with Crippen molar-refractivity contribution in [2.24, 2.45) is 0 Å². The highest BCUT2D eigenvalue weighted by Crippen LogP contribution is 2.30. The lowest BCUT2D eigenvalue weighted by Crippen LogP contribution is -2.45. The first-order chi connectivity index (χ1) is 16.9. The average molecular weight is 496 g/mol. The van der Waals surface area contributed by atoms with Crippen molar-refractivity contribution in [2.75, 3.05) is 13.2 Å². The number of nitrogens with zero attached hydrogens (tertiary/aromatic N) is 2. The van der Waals surface area contributed by atoms with Crippen LogP contribution in [0.2, 0.25) is 0 Å². The van der Waals surface area contributed by atoms with Crippen LogP contribution in [0.5, 0.6) is 17.4 Å². The average Bonchev–Trinajstić information content (AvgIpc) is 3.36. The largest absolute Gasteiger partial charge is 0.490 e. The second-order valence-electron chi connectivity index (χ2n) is 8.29. The van der Waals surface area contributed by atoms with Crippen molar-refractivity contribution in [3.05, 3.63) is 78.0 Å². The van der Waals surface area contributed by atoms with E-state index < -0.39 is 16.1 Å². The number of rotatable bonds is 9. The van der Waals surface area contributed by atoms with Gasteiger partial charge in [-0.3, -0.25) is 4.79 Å². The van der Waals surface area contributed by atoms with Gasteiger partial charge >= 0.3 is 0 Å². The summed E-state index contributed by atoms with van der Waals surface area (Å²) in [6.45, 7) is 4.88. The Labute approximate surface area is 206 Å². The van der Waals surface area contributed by atoms with E-state index in [1.165, 1.54) is 4.31 Å². The first-order valence-electron chi connectivity index (χ1n) is 11.6. The Kier molecular flexibility index (Phi) is 7.67. The van der Waals surface area contributed by atoms with Gasteiger partial charge in [0, 0.05) is 25.4 Å². The fraction of sp³-hybridized carbons (Fsp3) is 0.308. The van der Waals surface area contributed by atoms with Gasteiger partial charge in [0.2, 0.25) is 21.8 Å². The molecule has 1 aliphatic rings. The zero-order chi connectivity index (χ0) is 24.8. The van der Waals surface area contributed by atoms with Crippen molar-refractivity contribution in [3.8, 4) is 17.4 Å². The minimum atomic E-state index is -3.74. The van der Waals surface area contributed by atoms with Crippen molar-refractivity contribution in [2.45, 2.75) is 44.2 Å². The molecular formula is C26H29N3O5S. The number of carbonyl (C=O) groups excluding carboxylic acids is 1. The van der Waals surface area contributed by atoms with E-state index in [9.17, 15) is 13.2 Å². The molecule has 184 valence electrons. The molecule has 1 saturated heterocycles. The van der Waals surface area contributed by atoms with E-state index in [0.29, 0.717) is 43.4 Å². The third-order valence-corrected chi connectivity index (χ3v) is 7.68. The zero-order valence-corrected chi connectivity index (χ0v) is 20.6. The van der Waals surface area contributed by atoms with Crippen LogP contribution in [0.1, 0.15) is 30.9 Å². The van der Waals surface area contributed by atoms with Crippen LogP contribution >= 0.6 is 0 Å². The van der Waals surface area contributed by atoms with Gasteiger partial charge in [-0.05, 0) is 56.5 Å². The summed E-state index contributed by atoms with van der Waals surface area (Å²) in [7, 11) is -3.74. The molecule has 1 aliphatic heterocycles. The Morgan fingerprint density at radius 3 is 2.51 bits per heavy atom. The molecule has 0 saturated carbocycles. The molecule has 0 radical (unpaired) electrons. The highest BCUT2D eigenvalue weighted by atomic mass is 32.2. The highest BCUT2D eigenvalue weighted by molar-refractivity contribution is 7.89. The maximum absolute atomic E-state index is 13.1. The lowest BCUT2D eigenvalue weighted by atomic mass is 10.2. The lowest BCUT2D eigenvalue weighted by Gasteiger charge is -2.23. The molecule has 0 bridgehead atoms.